The van der Waals surface area contributed by atoms with Crippen LogP contribution in [0.4, 0.5) is 5.69 Å². The van der Waals surface area contributed by atoms with Gasteiger partial charge in [-0.1, -0.05) is 42.5 Å². The Morgan fingerprint density at radius 2 is 1.85 bits per heavy atom. The van der Waals surface area contributed by atoms with Crippen LogP contribution in [0.15, 0.2) is 83.9 Å². The van der Waals surface area contributed by atoms with Gasteiger partial charge in [-0.25, -0.2) is 18.1 Å². The topological polar surface area (TPSA) is 101 Å². The largest absolute Gasteiger partial charge is 0.368 e. The molecule has 7 nitrogen and oxygen atoms in total. The number of benzene rings is 2. The minimum absolute atomic E-state index is 0. The number of anilines is 1. The van der Waals surface area contributed by atoms with Crippen LogP contribution in [0, 0.1) is 0 Å². The van der Waals surface area contributed by atoms with E-state index in [1.807, 2.05) is 54.6 Å². The summed E-state index contributed by atoms with van der Waals surface area (Å²) in [7, 11) is -3.67. The number of fused-ring (bicyclic) bond motifs is 1. The Bertz CT molecular complexity index is 1400. The smallest absolute Gasteiger partial charge is 0.240 e. The van der Waals surface area contributed by atoms with Crippen molar-refractivity contribution in [2.45, 2.75) is 23.9 Å². The van der Waals surface area contributed by atoms with Crippen LogP contribution in [0.5, 0.6) is 0 Å². The molecule has 176 valence electrons. The number of pyridine rings is 2. The second kappa shape index (κ2) is 10.1. The fraction of sp³-hybridized carbons (Fsp3) is 0.200. The quantitative estimate of drug-likeness (QED) is 0.422. The summed E-state index contributed by atoms with van der Waals surface area (Å²) in [5.74, 6) is 0. The van der Waals surface area contributed by atoms with Crippen molar-refractivity contribution in [1.29, 1.82) is 0 Å². The van der Waals surface area contributed by atoms with E-state index in [0.29, 0.717) is 5.69 Å². The van der Waals surface area contributed by atoms with Crippen molar-refractivity contribution in [1.82, 2.24) is 14.7 Å². The van der Waals surface area contributed by atoms with Gasteiger partial charge in [0.25, 0.3) is 0 Å². The zero-order valence-corrected chi connectivity index (χ0v) is 20.1. The van der Waals surface area contributed by atoms with Gasteiger partial charge in [-0.15, -0.1) is 12.4 Å². The predicted molar refractivity (Wildman–Crippen MR) is 137 cm³/mol. The van der Waals surface area contributed by atoms with Crippen molar-refractivity contribution in [3.63, 3.8) is 0 Å². The van der Waals surface area contributed by atoms with Crippen molar-refractivity contribution in [2.24, 2.45) is 5.73 Å². The van der Waals surface area contributed by atoms with Gasteiger partial charge in [0.2, 0.25) is 10.0 Å². The minimum atomic E-state index is -3.67. The molecule has 1 aliphatic heterocycles. The average Bonchev–Trinajstić information content (AvgIpc) is 3.29. The highest BCUT2D eigenvalue weighted by Gasteiger charge is 2.22. The molecule has 0 unspecified atom stereocenters. The Balaban J connectivity index is 0.00000274. The van der Waals surface area contributed by atoms with Crippen molar-refractivity contribution in [3.05, 3.63) is 84.6 Å². The van der Waals surface area contributed by atoms with E-state index < -0.39 is 10.0 Å². The van der Waals surface area contributed by atoms with Crippen LogP contribution < -0.4 is 15.4 Å². The number of sulfonamides is 1. The molecule has 3 heterocycles. The Morgan fingerprint density at radius 1 is 1.03 bits per heavy atom. The fourth-order valence-corrected chi connectivity index (χ4v) is 5.18. The fourth-order valence-electron chi connectivity index (χ4n) is 4.11. The van der Waals surface area contributed by atoms with Gasteiger partial charge in [0, 0.05) is 37.4 Å². The number of nitrogens with two attached hydrogens (primary N) is 1. The summed E-state index contributed by atoms with van der Waals surface area (Å²) < 4.78 is 28.5. The van der Waals surface area contributed by atoms with E-state index in [2.05, 4.69) is 14.6 Å². The zero-order chi connectivity index (χ0) is 22.8. The number of halogens is 1. The highest BCUT2D eigenvalue weighted by Crippen LogP contribution is 2.29. The molecule has 0 saturated carbocycles. The number of hydrogen-bond acceptors (Lipinski definition) is 6. The predicted octanol–water partition coefficient (Wildman–Crippen LogP) is 3.73. The molecule has 0 amide bonds. The molecule has 0 aliphatic carbocycles. The Kier molecular flexibility index (Phi) is 7.13. The van der Waals surface area contributed by atoms with E-state index in [9.17, 15) is 8.42 Å². The van der Waals surface area contributed by atoms with E-state index in [-0.39, 0.29) is 29.9 Å². The highest BCUT2D eigenvalue weighted by atomic mass is 35.5. The Labute approximate surface area is 205 Å². The molecule has 1 aliphatic rings. The van der Waals surface area contributed by atoms with Gasteiger partial charge in [0.1, 0.15) is 5.52 Å². The maximum Gasteiger partial charge on any atom is 0.240 e. The van der Waals surface area contributed by atoms with Crippen LogP contribution in [0.2, 0.25) is 0 Å². The van der Waals surface area contributed by atoms with E-state index in [1.54, 1.807) is 24.4 Å². The summed E-state index contributed by atoms with van der Waals surface area (Å²) in [4.78, 5) is 11.8. The molecule has 0 spiro atoms. The molecule has 2 aromatic heterocycles. The standard InChI is InChI=1S/C25H25N5O2S.ClH/c26-20-12-14-30(17-20)24-11-13-27-23-10-9-22(29-25(23)24)19-7-4-8-21(15-19)33(31,32)28-16-18-5-2-1-3-6-18;/h1-11,13,15,20,28H,12,14,16-17,26H2;1H/t20-;/m1./s1. The monoisotopic (exact) mass is 495 g/mol. The summed E-state index contributed by atoms with van der Waals surface area (Å²) >= 11 is 0. The van der Waals surface area contributed by atoms with Crippen molar-refractivity contribution < 1.29 is 8.42 Å². The Hall–Kier alpha value is -3.04. The number of aromatic nitrogens is 2. The minimum Gasteiger partial charge on any atom is -0.368 e. The second-order valence-corrected chi connectivity index (χ2v) is 9.99. The Morgan fingerprint density at radius 3 is 2.62 bits per heavy atom. The van der Waals surface area contributed by atoms with Crippen molar-refractivity contribution in [3.8, 4) is 11.3 Å². The molecule has 5 rings (SSSR count). The van der Waals surface area contributed by atoms with Gasteiger partial charge < -0.3 is 10.6 Å². The molecule has 1 atom stereocenters. The molecule has 2 aromatic carbocycles. The van der Waals surface area contributed by atoms with E-state index >= 15 is 0 Å². The molecule has 0 bridgehead atoms. The maximum atomic E-state index is 12.9. The van der Waals surface area contributed by atoms with Crippen LogP contribution >= 0.6 is 12.4 Å². The number of nitrogens with one attached hydrogen (secondary N) is 1. The molecule has 9 heteroatoms. The highest BCUT2D eigenvalue weighted by molar-refractivity contribution is 7.89. The average molecular weight is 496 g/mol. The van der Waals surface area contributed by atoms with Gasteiger partial charge in [0.05, 0.1) is 21.8 Å². The van der Waals surface area contributed by atoms with E-state index in [4.69, 9.17) is 10.7 Å². The van der Waals surface area contributed by atoms with Gasteiger partial charge in [-0.2, -0.15) is 0 Å². The third-order valence-electron chi connectivity index (χ3n) is 5.88. The van der Waals surface area contributed by atoms with Crippen LogP contribution in [-0.4, -0.2) is 37.5 Å². The normalized spacial score (nSPS) is 15.9. The molecular formula is C25H26ClN5O2S. The molecule has 0 radical (unpaired) electrons. The maximum absolute atomic E-state index is 12.9. The summed E-state index contributed by atoms with van der Waals surface area (Å²) in [6.45, 7) is 1.90. The first-order valence-electron chi connectivity index (χ1n) is 10.9. The molecule has 1 fully saturated rings. The molecule has 3 N–H and O–H groups in total. The van der Waals surface area contributed by atoms with Crippen molar-refractivity contribution in [2.75, 3.05) is 18.0 Å². The molecule has 1 saturated heterocycles. The van der Waals surface area contributed by atoms with Crippen LogP contribution in [0.25, 0.3) is 22.3 Å². The lowest BCUT2D eigenvalue weighted by Crippen LogP contribution is -2.26. The first kappa shape index (κ1) is 24.1. The number of nitrogens with zero attached hydrogens (tertiary/aromatic N) is 3. The van der Waals surface area contributed by atoms with E-state index in [0.717, 1.165) is 47.4 Å². The number of rotatable bonds is 6. The number of hydrogen-bond donors (Lipinski definition) is 2. The molecular weight excluding hydrogens is 470 g/mol. The van der Waals surface area contributed by atoms with Crippen LogP contribution in [0.1, 0.15) is 12.0 Å². The van der Waals surface area contributed by atoms with Crippen LogP contribution in [-0.2, 0) is 16.6 Å². The summed E-state index contributed by atoms with van der Waals surface area (Å²) in [5, 5.41) is 0. The summed E-state index contributed by atoms with van der Waals surface area (Å²) in [6.07, 6.45) is 2.73. The van der Waals surface area contributed by atoms with Gasteiger partial charge in [0.15, 0.2) is 0 Å². The van der Waals surface area contributed by atoms with Gasteiger partial charge in [-0.05, 0) is 42.3 Å². The lowest BCUT2D eigenvalue weighted by Gasteiger charge is -2.19. The molecule has 34 heavy (non-hydrogen) atoms. The third kappa shape index (κ3) is 5.05. The van der Waals surface area contributed by atoms with Crippen LogP contribution in [0.3, 0.4) is 0 Å². The lowest BCUT2D eigenvalue weighted by atomic mass is 10.1. The van der Waals surface area contributed by atoms with E-state index in [1.165, 1.54) is 0 Å². The summed E-state index contributed by atoms with van der Waals surface area (Å²) in [5.41, 5.74) is 11.0. The first-order valence-corrected chi connectivity index (χ1v) is 12.4. The van der Waals surface area contributed by atoms with Gasteiger partial charge >= 0.3 is 0 Å². The SMILES string of the molecule is Cl.N[C@@H]1CCN(c2ccnc3ccc(-c4cccc(S(=O)(=O)NCc5ccccc5)c4)nc23)C1. The third-order valence-corrected chi connectivity index (χ3v) is 7.28. The molecule has 4 aromatic rings. The zero-order valence-electron chi connectivity index (χ0n) is 18.5. The summed E-state index contributed by atoms with van der Waals surface area (Å²) in [6, 6.07) is 22.2. The first-order chi connectivity index (χ1) is 16.0. The van der Waals surface area contributed by atoms with Gasteiger partial charge in [-0.3, -0.25) is 4.98 Å². The second-order valence-electron chi connectivity index (χ2n) is 8.23. The van der Waals surface area contributed by atoms with Crippen molar-refractivity contribution >= 4 is 39.2 Å². The lowest BCUT2D eigenvalue weighted by molar-refractivity contribution is 0.581.